The molecule has 0 bridgehead atoms. The molecule has 0 atom stereocenters. The molecule has 0 N–H and O–H groups in total. The lowest BCUT2D eigenvalue weighted by Crippen LogP contribution is -2.09. The van der Waals surface area contributed by atoms with Crippen LogP contribution in [0, 0.1) is 0 Å². The van der Waals surface area contributed by atoms with Crippen LogP contribution < -0.4 is 4.74 Å². The first-order valence-corrected chi connectivity index (χ1v) is 7.82. The number of aromatic nitrogens is 5. The molecule has 1 saturated carbocycles. The molecule has 0 saturated heterocycles. The quantitative estimate of drug-likeness (QED) is 0.544. The second kappa shape index (κ2) is 5.59. The van der Waals surface area contributed by atoms with Crippen molar-refractivity contribution in [1.29, 1.82) is 0 Å². The molecule has 7 heteroatoms. The number of carbonyl (C=O) groups excluding carboxylic acids is 1. The van der Waals surface area contributed by atoms with Gasteiger partial charge in [0.1, 0.15) is 17.6 Å². The highest BCUT2D eigenvalue weighted by atomic mass is 16.5. The Labute approximate surface area is 138 Å². The lowest BCUT2D eigenvalue weighted by Gasteiger charge is -2.04. The monoisotopic (exact) mass is 323 g/mol. The predicted octanol–water partition coefficient (Wildman–Crippen LogP) is 2.31. The fourth-order valence-corrected chi connectivity index (χ4v) is 2.63. The van der Waals surface area contributed by atoms with Gasteiger partial charge >= 0.3 is 5.97 Å². The fourth-order valence-electron chi connectivity index (χ4n) is 2.63. The summed E-state index contributed by atoms with van der Waals surface area (Å²) in [4.78, 5) is 16.6. The number of benzene rings is 1. The fraction of sp³-hybridized carbons (Fsp3) is 0.294. The second-order valence-electron chi connectivity index (χ2n) is 6.03. The number of carbonyl (C=O) groups is 1. The van der Waals surface area contributed by atoms with Crippen molar-refractivity contribution < 1.29 is 9.53 Å². The number of hydrogen-bond donors (Lipinski definition) is 0. The van der Waals surface area contributed by atoms with Crippen LogP contribution in [0.15, 0.2) is 36.8 Å². The molecular weight excluding hydrogens is 306 g/mol. The summed E-state index contributed by atoms with van der Waals surface area (Å²) in [6, 6.07) is 7.17. The van der Waals surface area contributed by atoms with E-state index in [1.165, 1.54) is 0 Å². The van der Waals surface area contributed by atoms with Gasteiger partial charge in [-0.05, 0) is 37.1 Å². The Morgan fingerprint density at radius 3 is 2.50 bits per heavy atom. The van der Waals surface area contributed by atoms with Crippen molar-refractivity contribution >= 4 is 5.97 Å². The van der Waals surface area contributed by atoms with Crippen LogP contribution in [0.2, 0.25) is 0 Å². The van der Waals surface area contributed by atoms with Crippen molar-refractivity contribution in [2.24, 2.45) is 14.1 Å². The molecular formula is C17H17N5O2. The number of ether oxygens (including phenoxy) is 1. The molecule has 1 aromatic carbocycles. The third-order valence-electron chi connectivity index (χ3n) is 3.96. The molecule has 0 amide bonds. The minimum absolute atomic E-state index is 0.367. The standard InChI is InChI=1S/C17H17N5O2/c1-21-9-14(15(19-21)11-3-4-11)17(23)24-13-7-5-12(6-8-13)16-18-10-22(2)20-16/h5-11H,3-4H2,1-2H3. The van der Waals surface area contributed by atoms with E-state index in [0.717, 1.165) is 24.1 Å². The average molecular weight is 323 g/mol. The smallest absolute Gasteiger partial charge is 0.347 e. The lowest BCUT2D eigenvalue weighted by molar-refractivity contribution is 0.0733. The molecule has 7 nitrogen and oxygen atoms in total. The van der Waals surface area contributed by atoms with Gasteiger partial charge in [-0.3, -0.25) is 9.36 Å². The molecule has 0 radical (unpaired) electrons. The van der Waals surface area contributed by atoms with Crippen LogP contribution in [-0.4, -0.2) is 30.5 Å². The molecule has 0 unspecified atom stereocenters. The molecule has 1 aliphatic rings. The van der Waals surface area contributed by atoms with E-state index < -0.39 is 0 Å². The maximum atomic E-state index is 12.4. The van der Waals surface area contributed by atoms with E-state index >= 15 is 0 Å². The molecule has 2 aromatic heterocycles. The van der Waals surface area contributed by atoms with Crippen LogP contribution in [0.5, 0.6) is 5.75 Å². The van der Waals surface area contributed by atoms with Gasteiger partial charge in [-0.25, -0.2) is 9.78 Å². The molecule has 1 fully saturated rings. The summed E-state index contributed by atoms with van der Waals surface area (Å²) in [6.07, 6.45) is 5.54. The first-order valence-electron chi connectivity index (χ1n) is 7.82. The summed E-state index contributed by atoms with van der Waals surface area (Å²) in [7, 11) is 3.63. The van der Waals surface area contributed by atoms with Crippen molar-refractivity contribution in [2.75, 3.05) is 0 Å². The van der Waals surface area contributed by atoms with Crippen molar-refractivity contribution in [3.63, 3.8) is 0 Å². The van der Waals surface area contributed by atoms with Crippen LogP contribution >= 0.6 is 0 Å². The Morgan fingerprint density at radius 2 is 1.88 bits per heavy atom. The SMILES string of the molecule is Cn1cnc(-c2ccc(OC(=O)c3cn(C)nc3C3CC3)cc2)n1. The molecule has 122 valence electrons. The van der Waals surface area contributed by atoms with Crippen LogP contribution in [0.3, 0.4) is 0 Å². The highest BCUT2D eigenvalue weighted by Gasteiger charge is 2.31. The third kappa shape index (κ3) is 2.80. The maximum absolute atomic E-state index is 12.4. The minimum Gasteiger partial charge on any atom is -0.423 e. The maximum Gasteiger partial charge on any atom is 0.347 e. The predicted molar refractivity (Wildman–Crippen MR) is 86.6 cm³/mol. The molecule has 0 aliphatic heterocycles. The summed E-state index contributed by atoms with van der Waals surface area (Å²) >= 11 is 0. The van der Waals surface area contributed by atoms with Crippen molar-refractivity contribution in [2.45, 2.75) is 18.8 Å². The first kappa shape index (κ1) is 14.6. The van der Waals surface area contributed by atoms with E-state index in [1.54, 1.807) is 34.0 Å². The number of hydrogen-bond acceptors (Lipinski definition) is 5. The van der Waals surface area contributed by atoms with Crippen LogP contribution in [0.25, 0.3) is 11.4 Å². The van der Waals surface area contributed by atoms with Crippen LogP contribution in [-0.2, 0) is 14.1 Å². The van der Waals surface area contributed by atoms with Crippen LogP contribution in [0.4, 0.5) is 0 Å². The number of nitrogens with zero attached hydrogens (tertiary/aromatic N) is 5. The summed E-state index contributed by atoms with van der Waals surface area (Å²) in [5.41, 5.74) is 2.27. The van der Waals surface area contributed by atoms with Gasteiger partial charge in [0.05, 0.1) is 5.69 Å². The zero-order valence-electron chi connectivity index (χ0n) is 13.5. The summed E-state index contributed by atoms with van der Waals surface area (Å²) in [5.74, 6) is 1.16. The van der Waals surface area contributed by atoms with Crippen molar-refractivity contribution in [1.82, 2.24) is 24.5 Å². The lowest BCUT2D eigenvalue weighted by atomic mass is 10.2. The molecule has 3 aromatic rings. The average Bonchev–Trinajstić information content (AvgIpc) is 3.21. The van der Waals surface area contributed by atoms with Gasteiger partial charge in [0.15, 0.2) is 5.82 Å². The van der Waals surface area contributed by atoms with Gasteiger partial charge in [0.2, 0.25) is 0 Å². The number of esters is 1. The summed E-state index contributed by atoms with van der Waals surface area (Å²) in [6.45, 7) is 0. The molecule has 2 heterocycles. The highest BCUT2D eigenvalue weighted by molar-refractivity contribution is 5.92. The van der Waals surface area contributed by atoms with Gasteiger partial charge in [-0.2, -0.15) is 10.2 Å². The minimum atomic E-state index is -0.367. The van der Waals surface area contributed by atoms with E-state index in [1.807, 2.05) is 26.2 Å². The third-order valence-corrected chi connectivity index (χ3v) is 3.96. The number of aryl methyl sites for hydroxylation is 2. The first-order chi connectivity index (χ1) is 11.6. The van der Waals surface area contributed by atoms with Gasteiger partial charge < -0.3 is 4.74 Å². The van der Waals surface area contributed by atoms with Crippen LogP contribution in [0.1, 0.15) is 34.8 Å². The van der Waals surface area contributed by atoms with Gasteiger partial charge in [0.25, 0.3) is 0 Å². The topological polar surface area (TPSA) is 74.8 Å². The Hall–Kier alpha value is -2.96. The number of rotatable bonds is 4. The van der Waals surface area contributed by atoms with Gasteiger partial charge in [-0.1, -0.05) is 0 Å². The Morgan fingerprint density at radius 1 is 1.12 bits per heavy atom. The van der Waals surface area contributed by atoms with Crippen molar-refractivity contribution in [3.05, 3.63) is 48.0 Å². The summed E-state index contributed by atoms with van der Waals surface area (Å²) in [5, 5.41) is 8.64. The largest absolute Gasteiger partial charge is 0.423 e. The molecule has 1 aliphatic carbocycles. The molecule has 24 heavy (non-hydrogen) atoms. The summed E-state index contributed by atoms with van der Waals surface area (Å²) < 4.78 is 8.80. The van der Waals surface area contributed by atoms with E-state index in [2.05, 4.69) is 15.2 Å². The van der Waals surface area contributed by atoms with E-state index in [0.29, 0.717) is 23.1 Å². The highest BCUT2D eigenvalue weighted by Crippen LogP contribution is 2.40. The van der Waals surface area contributed by atoms with Gasteiger partial charge in [0, 0.05) is 31.8 Å². The molecule has 4 rings (SSSR count). The van der Waals surface area contributed by atoms with Gasteiger partial charge in [-0.15, -0.1) is 0 Å². The molecule has 0 spiro atoms. The zero-order chi connectivity index (χ0) is 16.7. The van der Waals surface area contributed by atoms with Crippen molar-refractivity contribution in [3.8, 4) is 17.1 Å². The van der Waals surface area contributed by atoms with E-state index in [9.17, 15) is 4.79 Å². The van der Waals surface area contributed by atoms with E-state index in [-0.39, 0.29) is 5.97 Å². The Bertz CT molecular complexity index is 890. The normalized spacial score (nSPS) is 13.9. The zero-order valence-corrected chi connectivity index (χ0v) is 13.5. The second-order valence-corrected chi connectivity index (χ2v) is 6.03. The Balaban J connectivity index is 1.52. The van der Waals surface area contributed by atoms with E-state index in [4.69, 9.17) is 4.74 Å². The Kier molecular flexibility index (Phi) is 3.41.